The van der Waals surface area contributed by atoms with Gasteiger partial charge in [-0.1, -0.05) is 18.2 Å². The van der Waals surface area contributed by atoms with Crippen LogP contribution in [0.15, 0.2) is 42.5 Å². The van der Waals surface area contributed by atoms with Crippen molar-refractivity contribution < 1.29 is 19.1 Å². The molecule has 3 aromatic rings. The summed E-state index contributed by atoms with van der Waals surface area (Å²) in [5.74, 6) is -1.18. The molecule has 4 rings (SSSR count). The van der Waals surface area contributed by atoms with E-state index >= 15 is 0 Å². The summed E-state index contributed by atoms with van der Waals surface area (Å²) < 4.78 is 7.25. The Kier molecular flexibility index (Phi) is 4.73. The summed E-state index contributed by atoms with van der Waals surface area (Å²) in [6, 6.07) is 13.2. The molecule has 1 aromatic heterocycles. The van der Waals surface area contributed by atoms with Gasteiger partial charge < -0.3 is 19.9 Å². The standard InChI is InChI=1S/C21H21N3O4/c1-2-24-17-6-4-3-5-14(17)15-11-13(7-9-18(15)24)22-20(26)12-28-21(27)16-8-10-19(25)23-16/h3-7,9,11,16H,2,8,10,12H2,1H3,(H,22,26)(H,23,25)/t16-/m1/s1. The van der Waals surface area contributed by atoms with Crippen LogP contribution >= 0.6 is 0 Å². The van der Waals surface area contributed by atoms with Crippen LogP contribution in [0.3, 0.4) is 0 Å². The fraction of sp³-hybridized carbons (Fsp3) is 0.286. The predicted octanol–water partition coefficient (Wildman–Crippen LogP) is 2.57. The average Bonchev–Trinajstić information content (AvgIpc) is 3.27. The number of esters is 1. The molecule has 0 unspecified atom stereocenters. The predicted molar refractivity (Wildman–Crippen MR) is 106 cm³/mol. The van der Waals surface area contributed by atoms with E-state index in [4.69, 9.17) is 4.74 Å². The molecule has 144 valence electrons. The third-order valence-electron chi connectivity index (χ3n) is 5.00. The van der Waals surface area contributed by atoms with E-state index in [1.54, 1.807) is 0 Å². The molecule has 1 fully saturated rings. The van der Waals surface area contributed by atoms with E-state index in [-0.39, 0.29) is 12.5 Å². The molecule has 0 saturated carbocycles. The highest BCUT2D eigenvalue weighted by Gasteiger charge is 2.28. The van der Waals surface area contributed by atoms with E-state index < -0.39 is 17.9 Å². The molecule has 7 heteroatoms. The van der Waals surface area contributed by atoms with E-state index in [0.717, 1.165) is 28.4 Å². The summed E-state index contributed by atoms with van der Waals surface area (Å²) in [5, 5.41) is 7.47. The third-order valence-corrected chi connectivity index (χ3v) is 5.00. The number of carbonyl (C=O) groups is 3. The van der Waals surface area contributed by atoms with Crippen LogP contribution in [-0.4, -0.2) is 35.0 Å². The second-order valence-electron chi connectivity index (χ2n) is 6.81. The number of ether oxygens (including phenoxy) is 1. The van der Waals surface area contributed by atoms with Crippen LogP contribution in [-0.2, 0) is 25.7 Å². The van der Waals surface area contributed by atoms with Crippen molar-refractivity contribution in [2.75, 3.05) is 11.9 Å². The van der Waals surface area contributed by atoms with Crippen LogP contribution in [0.5, 0.6) is 0 Å². The first-order valence-corrected chi connectivity index (χ1v) is 9.33. The van der Waals surface area contributed by atoms with Crippen molar-refractivity contribution >= 4 is 45.3 Å². The Morgan fingerprint density at radius 2 is 1.96 bits per heavy atom. The van der Waals surface area contributed by atoms with Crippen molar-refractivity contribution in [2.24, 2.45) is 0 Å². The van der Waals surface area contributed by atoms with E-state index in [2.05, 4.69) is 34.3 Å². The van der Waals surface area contributed by atoms with Gasteiger partial charge in [-0.2, -0.15) is 0 Å². The van der Waals surface area contributed by atoms with E-state index in [0.29, 0.717) is 18.5 Å². The van der Waals surface area contributed by atoms with Gasteiger partial charge in [-0.25, -0.2) is 4.79 Å². The highest BCUT2D eigenvalue weighted by Crippen LogP contribution is 2.30. The number of aryl methyl sites for hydroxylation is 1. The second-order valence-corrected chi connectivity index (χ2v) is 6.81. The summed E-state index contributed by atoms with van der Waals surface area (Å²) in [5.41, 5.74) is 2.89. The third kappa shape index (κ3) is 3.31. The Bertz CT molecular complexity index is 1090. The number of fused-ring (bicyclic) bond motifs is 3. The molecular formula is C21H21N3O4. The average molecular weight is 379 g/mol. The number of para-hydroxylation sites is 1. The van der Waals surface area contributed by atoms with Crippen molar-refractivity contribution in [3.8, 4) is 0 Å². The molecule has 1 saturated heterocycles. The molecule has 0 aliphatic carbocycles. The van der Waals surface area contributed by atoms with E-state index in [1.165, 1.54) is 0 Å². The summed E-state index contributed by atoms with van der Waals surface area (Å²) >= 11 is 0. The number of aromatic nitrogens is 1. The maximum absolute atomic E-state index is 12.2. The van der Waals surface area contributed by atoms with Crippen LogP contribution < -0.4 is 10.6 Å². The number of anilines is 1. The lowest BCUT2D eigenvalue weighted by Gasteiger charge is -2.10. The van der Waals surface area contributed by atoms with Gasteiger partial charge in [-0.15, -0.1) is 0 Å². The number of nitrogens with zero attached hydrogens (tertiary/aromatic N) is 1. The van der Waals surface area contributed by atoms with Gasteiger partial charge in [0.1, 0.15) is 6.04 Å². The lowest BCUT2D eigenvalue weighted by molar-refractivity contribution is -0.149. The van der Waals surface area contributed by atoms with Gasteiger partial charge in [0, 0.05) is 40.5 Å². The number of rotatable bonds is 5. The first-order valence-electron chi connectivity index (χ1n) is 9.33. The van der Waals surface area contributed by atoms with Gasteiger partial charge in [-0.3, -0.25) is 9.59 Å². The molecule has 2 aromatic carbocycles. The maximum Gasteiger partial charge on any atom is 0.329 e. The Morgan fingerprint density at radius 3 is 2.71 bits per heavy atom. The van der Waals surface area contributed by atoms with Crippen molar-refractivity contribution in [2.45, 2.75) is 32.4 Å². The molecule has 2 amide bonds. The zero-order valence-electron chi connectivity index (χ0n) is 15.5. The van der Waals surface area contributed by atoms with Gasteiger partial charge in [0.05, 0.1) is 0 Å². The van der Waals surface area contributed by atoms with Crippen molar-refractivity contribution in [1.29, 1.82) is 0 Å². The maximum atomic E-state index is 12.2. The van der Waals surface area contributed by atoms with Crippen molar-refractivity contribution in [3.05, 3.63) is 42.5 Å². The van der Waals surface area contributed by atoms with E-state index in [9.17, 15) is 14.4 Å². The zero-order valence-corrected chi connectivity index (χ0v) is 15.5. The lowest BCUT2D eigenvalue weighted by atomic mass is 10.1. The Balaban J connectivity index is 1.47. The van der Waals surface area contributed by atoms with E-state index in [1.807, 2.05) is 30.3 Å². The van der Waals surface area contributed by atoms with Crippen LogP contribution in [0.2, 0.25) is 0 Å². The molecule has 28 heavy (non-hydrogen) atoms. The smallest absolute Gasteiger partial charge is 0.329 e. The summed E-state index contributed by atoms with van der Waals surface area (Å²) in [6.07, 6.45) is 0.703. The minimum absolute atomic E-state index is 0.175. The SMILES string of the molecule is CCn1c2ccccc2c2cc(NC(=O)COC(=O)[C@H]3CCC(=O)N3)ccc21. The number of amides is 2. The molecule has 7 nitrogen and oxygen atoms in total. The summed E-state index contributed by atoms with van der Waals surface area (Å²) in [7, 11) is 0. The fourth-order valence-corrected chi connectivity index (χ4v) is 3.70. The quantitative estimate of drug-likeness (QED) is 0.667. The summed E-state index contributed by atoms with van der Waals surface area (Å²) in [4.78, 5) is 35.2. The number of carbonyl (C=O) groups excluding carboxylic acids is 3. The first kappa shape index (κ1) is 18.0. The van der Waals surface area contributed by atoms with Gasteiger partial charge in [0.2, 0.25) is 5.91 Å². The van der Waals surface area contributed by atoms with Crippen LogP contribution in [0.4, 0.5) is 5.69 Å². The molecule has 0 spiro atoms. The largest absolute Gasteiger partial charge is 0.454 e. The Morgan fingerprint density at radius 1 is 1.18 bits per heavy atom. The number of hydrogen-bond donors (Lipinski definition) is 2. The van der Waals surface area contributed by atoms with Crippen molar-refractivity contribution in [3.63, 3.8) is 0 Å². The Labute approximate surface area is 161 Å². The monoisotopic (exact) mass is 379 g/mol. The van der Waals surface area contributed by atoms with Gasteiger partial charge in [0.15, 0.2) is 6.61 Å². The minimum Gasteiger partial charge on any atom is -0.454 e. The molecule has 0 radical (unpaired) electrons. The summed E-state index contributed by atoms with van der Waals surface area (Å²) in [6.45, 7) is 2.56. The highest BCUT2D eigenvalue weighted by molar-refractivity contribution is 6.09. The first-order chi connectivity index (χ1) is 13.6. The minimum atomic E-state index is -0.656. The molecular weight excluding hydrogens is 358 g/mol. The zero-order chi connectivity index (χ0) is 19.7. The van der Waals surface area contributed by atoms with Gasteiger partial charge in [0.25, 0.3) is 5.91 Å². The Hall–Kier alpha value is -3.35. The molecule has 1 aliphatic rings. The van der Waals surface area contributed by atoms with Crippen LogP contribution in [0, 0.1) is 0 Å². The van der Waals surface area contributed by atoms with Crippen LogP contribution in [0.1, 0.15) is 19.8 Å². The molecule has 0 bridgehead atoms. The normalized spacial score (nSPS) is 16.3. The molecule has 2 N–H and O–H groups in total. The van der Waals surface area contributed by atoms with Gasteiger partial charge >= 0.3 is 5.97 Å². The molecule has 1 atom stereocenters. The highest BCUT2D eigenvalue weighted by atomic mass is 16.5. The van der Waals surface area contributed by atoms with Crippen LogP contribution in [0.25, 0.3) is 21.8 Å². The fourth-order valence-electron chi connectivity index (χ4n) is 3.70. The van der Waals surface area contributed by atoms with Gasteiger partial charge in [-0.05, 0) is 37.6 Å². The number of nitrogens with one attached hydrogen (secondary N) is 2. The van der Waals surface area contributed by atoms with Crippen molar-refractivity contribution in [1.82, 2.24) is 9.88 Å². The second kappa shape index (κ2) is 7.34. The molecule has 2 heterocycles. The topological polar surface area (TPSA) is 89.4 Å². The molecule has 1 aliphatic heterocycles. The number of benzene rings is 2. The lowest BCUT2D eigenvalue weighted by Crippen LogP contribution is -2.36. The number of hydrogen-bond acceptors (Lipinski definition) is 4.